The topological polar surface area (TPSA) is 59.8 Å². The molecule has 0 bridgehead atoms. The summed E-state index contributed by atoms with van der Waals surface area (Å²) in [4.78, 5) is 21.0. The van der Waals surface area contributed by atoms with Gasteiger partial charge in [0.15, 0.2) is 0 Å². The summed E-state index contributed by atoms with van der Waals surface area (Å²) in [5.74, 6) is 3.03. The molecular weight excluding hydrogens is 288 g/mol. The van der Waals surface area contributed by atoms with Crippen molar-refractivity contribution < 1.29 is 0 Å². The maximum absolute atomic E-state index is 12.2. The van der Waals surface area contributed by atoms with Crippen LogP contribution in [0.5, 0.6) is 0 Å². The third kappa shape index (κ3) is 3.06. The summed E-state index contributed by atoms with van der Waals surface area (Å²) in [6.07, 6.45) is 7.55. The molecule has 2 heterocycles. The Morgan fingerprint density at radius 2 is 2.04 bits per heavy atom. The number of para-hydroxylation sites is 1. The summed E-state index contributed by atoms with van der Waals surface area (Å²) in [5.41, 5.74) is 1.34. The number of pyridine rings is 1. The molecule has 23 heavy (non-hydrogen) atoms. The summed E-state index contributed by atoms with van der Waals surface area (Å²) in [5, 5.41) is 3.93. The molecule has 3 rings (SSSR count). The van der Waals surface area contributed by atoms with Crippen molar-refractivity contribution in [1.29, 1.82) is 0 Å². The van der Waals surface area contributed by atoms with Crippen LogP contribution >= 0.6 is 0 Å². The maximum atomic E-state index is 12.2. The summed E-state index contributed by atoms with van der Waals surface area (Å²) in [7, 11) is 0. The van der Waals surface area contributed by atoms with Crippen LogP contribution in [0.25, 0.3) is 11.0 Å². The second-order valence-electron chi connectivity index (χ2n) is 5.26. The number of fused-ring (bicyclic) bond motifs is 1. The minimum Gasteiger partial charge on any atom is -0.324 e. The second kappa shape index (κ2) is 6.32. The highest BCUT2D eigenvalue weighted by Crippen LogP contribution is 2.18. The Hall–Kier alpha value is -3.13. The Balaban J connectivity index is 2.09. The van der Waals surface area contributed by atoms with Gasteiger partial charge in [0.25, 0.3) is 5.56 Å². The monoisotopic (exact) mass is 304 g/mol. The van der Waals surface area contributed by atoms with Crippen molar-refractivity contribution in [3.63, 3.8) is 0 Å². The lowest BCUT2D eigenvalue weighted by atomic mass is 10.2. The lowest BCUT2D eigenvalue weighted by Gasteiger charge is -2.15. The van der Waals surface area contributed by atoms with Crippen LogP contribution < -0.4 is 10.9 Å². The SMILES string of the molecule is C#CCC(C)n1c(=O)ccc2cnc(Nc3ccccc3)nc21. The molecule has 1 N–H and O–H groups in total. The lowest BCUT2D eigenvalue weighted by molar-refractivity contribution is 0.558. The van der Waals surface area contributed by atoms with Crippen LogP contribution in [0.1, 0.15) is 19.4 Å². The molecule has 1 aromatic carbocycles. The highest BCUT2D eigenvalue weighted by Gasteiger charge is 2.12. The van der Waals surface area contributed by atoms with Crippen LogP contribution in [0.15, 0.2) is 53.5 Å². The van der Waals surface area contributed by atoms with Gasteiger partial charge < -0.3 is 5.32 Å². The van der Waals surface area contributed by atoms with Gasteiger partial charge in [0.2, 0.25) is 5.95 Å². The molecule has 0 aliphatic heterocycles. The van der Waals surface area contributed by atoms with Crippen molar-refractivity contribution in [3.8, 4) is 12.3 Å². The molecule has 5 nitrogen and oxygen atoms in total. The average Bonchev–Trinajstić information content (AvgIpc) is 2.55. The van der Waals surface area contributed by atoms with Crippen molar-refractivity contribution >= 4 is 22.7 Å². The van der Waals surface area contributed by atoms with E-state index in [0.29, 0.717) is 18.0 Å². The van der Waals surface area contributed by atoms with Gasteiger partial charge in [-0.1, -0.05) is 18.2 Å². The molecule has 0 fully saturated rings. The van der Waals surface area contributed by atoms with E-state index in [2.05, 4.69) is 21.2 Å². The van der Waals surface area contributed by atoms with Crippen molar-refractivity contribution in [2.45, 2.75) is 19.4 Å². The third-order valence-corrected chi connectivity index (χ3v) is 3.55. The highest BCUT2D eigenvalue weighted by molar-refractivity contribution is 5.75. The van der Waals surface area contributed by atoms with Gasteiger partial charge in [-0.3, -0.25) is 9.36 Å². The van der Waals surface area contributed by atoms with E-state index in [1.165, 1.54) is 6.07 Å². The molecular formula is C18H16N4O. The molecule has 0 spiro atoms. The predicted molar refractivity (Wildman–Crippen MR) is 91.7 cm³/mol. The molecule has 0 saturated heterocycles. The van der Waals surface area contributed by atoms with Gasteiger partial charge in [-0.15, -0.1) is 12.3 Å². The fourth-order valence-corrected chi connectivity index (χ4v) is 2.44. The number of aromatic nitrogens is 3. The van der Waals surface area contributed by atoms with E-state index in [0.717, 1.165) is 11.1 Å². The minimum atomic E-state index is -0.129. The molecule has 3 aromatic rings. The van der Waals surface area contributed by atoms with Crippen LogP contribution in [0, 0.1) is 12.3 Å². The van der Waals surface area contributed by atoms with Crippen LogP contribution in [0.3, 0.4) is 0 Å². The molecule has 0 amide bonds. The fraction of sp³-hybridized carbons (Fsp3) is 0.167. The summed E-state index contributed by atoms with van der Waals surface area (Å²) in [6.45, 7) is 1.91. The summed E-state index contributed by atoms with van der Waals surface area (Å²) in [6, 6.07) is 12.7. The van der Waals surface area contributed by atoms with E-state index in [9.17, 15) is 4.79 Å². The van der Waals surface area contributed by atoms with Crippen LogP contribution in [-0.2, 0) is 0 Å². The van der Waals surface area contributed by atoms with Crippen LogP contribution in [0.2, 0.25) is 0 Å². The molecule has 0 aliphatic rings. The zero-order valence-corrected chi connectivity index (χ0v) is 12.7. The molecule has 0 saturated carbocycles. The van der Waals surface area contributed by atoms with Gasteiger partial charge in [0, 0.05) is 35.8 Å². The Kier molecular flexibility index (Phi) is 4.07. The largest absolute Gasteiger partial charge is 0.324 e. The van der Waals surface area contributed by atoms with E-state index in [1.54, 1.807) is 16.8 Å². The van der Waals surface area contributed by atoms with E-state index >= 15 is 0 Å². The molecule has 1 atom stereocenters. The zero-order chi connectivity index (χ0) is 16.2. The lowest BCUT2D eigenvalue weighted by Crippen LogP contribution is -2.23. The first-order valence-corrected chi connectivity index (χ1v) is 7.33. The van der Waals surface area contributed by atoms with E-state index in [1.807, 2.05) is 37.3 Å². The average molecular weight is 304 g/mol. The van der Waals surface area contributed by atoms with Gasteiger partial charge in [-0.25, -0.2) is 4.98 Å². The van der Waals surface area contributed by atoms with Crippen molar-refractivity contribution in [2.75, 3.05) is 5.32 Å². The summed E-state index contributed by atoms with van der Waals surface area (Å²) >= 11 is 0. The first-order chi connectivity index (χ1) is 11.2. The first-order valence-electron chi connectivity index (χ1n) is 7.33. The van der Waals surface area contributed by atoms with Gasteiger partial charge in [-0.05, 0) is 25.1 Å². The number of nitrogens with one attached hydrogen (secondary N) is 1. The standard InChI is InChI=1S/C18H16N4O/c1-3-7-13(2)22-16(23)11-10-14-12-19-18(21-17(14)22)20-15-8-5-4-6-9-15/h1,4-6,8-13H,7H2,2H3,(H,19,20,21). The van der Waals surface area contributed by atoms with Gasteiger partial charge in [-0.2, -0.15) is 4.98 Å². The van der Waals surface area contributed by atoms with E-state index in [4.69, 9.17) is 6.42 Å². The Morgan fingerprint density at radius 3 is 2.78 bits per heavy atom. The molecule has 0 radical (unpaired) electrons. The maximum Gasteiger partial charge on any atom is 0.252 e. The van der Waals surface area contributed by atoms with Gasteiger partial charge >= 0.3 is 0 Å². The second-order valence-corrected chi connectivity index (χ2v) is 5.26. The van der Waals surface area contributed by atoms with Gasteiger partial charge in [0.1, 0.15) is 5.65 Å². The molecule has 114 valence electrons. The van der Waals surface area contributed by atoms with E-state index in [-0.39, 0.29) is 11.6 Å². The third-order valence-electron chi connectivity index (χ3n) is 3.55. The number of hydrogen-bond acceptors (Lipinski definition) is 4. The van der Waals surface area contributed by atoms with Gasteiger partial charge in [0.05, 0.1) is 0 Å². The predicted octanol–water partition coefficient (Wildman–Crippen LogP) is 3.12. The van der Waals surface area contributed by atoms with Crippen molar-refractivity contribution in [1.82, 2.24) is 14.5 Å². The molecule has 1 unspecified atom stereocenters. The van der Waals surface area contributed by atoms with E-state index < -0.39 is 0 Å². The number of anilines is 2. The highest BCUT2D eigenvalue weighted by atomic mass is 16.1. The number of terminal acetylenes is 1. The number of benzene rings is 1. The van der Waals surface area contributed by atoms with Crippen molar-refractivity contribution in [2.24, 2.45) is 0 Å². The van der Waals surface area contributed by atoms with Crippen LogP contribution in [0.4, 0.5) is 11.6 Å². The first kappa shape index (κ1) is 14.8. The number of nitrogens with zero attached hydrogens (tertiary/aromatic N) is 3. The quantitative estimate of drug-likeness (QED) is 0.752. The normalized spacial score (nSPS) is 11.8. The molecule has 0 aliphatic carbocycles. The Bertz CT molecular complexity index is 925. The number of rotatable bonds is 4. The van der Waals surface area contributed by atoms with Crippen molar-refractivity contribution in [3.05, 3.63) is 59.0 Å². The fourth-order valence-electron chi connectivity index (χ4n) is 2.44. The Labute approximate surface area is 134 Å². The van der Waals surface area contributed by atoms with Crippen LogP contribution in [-0.4, -0.2) is 14.5 Å². The molecule has 2 aromatic heterocycles. The molecule has 5 heteroatoms. The smallest absolute Gasteiger partial charge is 0.252 e. The minimum absolute atomic E-state index is 0.121. The summed E-state index contributed by atoms with van der Waals surface area (Å²) < 4.78 is 1.62. The zero-order valence-electron chi connectivity index (χ0n) is 12.7. The Morgan fingerprint density at radius 1 is 1.26 bits per heavy atom. The number of hydrogen-bond donors (Lipinski definition) is 1.